The predicted octanol–water partition coefficient (Wildman–Crippen LogP) is 3.03. The van der Waals surface area contributed by atoms with Crippen LogP contribution in [0.3, 0.4) is 0 Å². The first-order chi connectivity index (χ1) is 9.09. The van der Waals surface area contributed by atoms with Crippen molar-refractivity contribution in [2.75, 3.05) is 7.11 Å². The third kappa shape index (κ3) is 2.95. The van der Waals surface area contributed by atoms with Crippen molar-refractivity contribution in [2.24, 2.45) is 0 Å². The van der Waals surface area contributed by atoms with E-state index in [1.165, 1.54) is 12.8 Å². The van der Waals surface area contributed by atoms with Gasteiger partial charge in [0.1, 0.15) is 5.60 Å². The molecule has 0 amide bonds. The van der Waals surface area contributed by atoms with Crippen LogP contribution in [0.4, 0.5) is 0 Å². The van der Waals surface area contributed by atoms with Crippen LogP contribution < -0.4 is 0 Å². The van der Waals surface area contributed by atoms with Gasteiger partial charge < -0.3 is 9.84 Å². The molecule has 1 aromatic heterocycles. The standard InChI is InChI=1S/C15H24N2O2/c1-11-13(12(2)18)10-16-14(17-11)15(19-3)8-6-4-5-7-9-15/h10,12,18H,4-9H2,1-3H3/t12-/m1/s1. The fourth-order valence-corrected chi connectivity index (χ4v) is 2.92. The van der Waals surface area contributed by atoms with E-state index in [9.17, 15) is 5.11 Å². The fourth-order valence-electron chi connectivity index (χ4n) is 2.92. The second-order valence-corrected chi connectivity index (χ2v) is 5.52. The summed E-state index contributed by atoms with van der Waals surface area (Å²) < 4.78 is 5.81. The Labute approximate surface area is 115 Å². The van der Waals surface area contributed by atoms with Crippen LogP contribution in [0.5, 0.6) is 0 Å². The lowest BCUT2D eigenvalue weighted by Crippen LogP contribution is -2.31. The minimum atomic E-state index is -0.526. The monoisotopic (exact) mass is 264 g/mol. The van der Waals surface area contributed by atoms with Gasteiger partial charge in [0, 0.05) is 24.6 Å². The topological polar surface area (TPSA) is 55.2 Å². The second kappa shape index (κ2) is 5.97. The van der Waals surface area contributed by atoms with Crippen LogP contribution in [0, 0.1) is 6.92 Å². The van der Waals surface area contributed by atoms with Gasteiger partial charge in [0.2, 0.25) is 0 Å². The van der Waals surface area contributed by atoms with Gasteiger partial charge in [0.15, 0.2) is 5.82 Å². The van der Waals surface area contributed by atoms with Crippen molar-refractivity contribution in [2.45, 2.75) is 64.1 Å². The van der Waals surface area contributed by atoms with Crippen LogP contribution in [0.15, 0.2) is 6.20 Å². The molecule has 0 unspecified atom stereocenters. The van der Waals surface area contributed by atoms with E-state index in [2.05, 4.69) is 9.97 Å². The van der Waals surface area contributed by atoms with E-state index in [0.717, 1.165) is 42.8 Å². The smallest absolute Gasteiger partial charge is 0.160 e. The molecule has 0 saturated heterocycles. The Hall–Kier alpha value is -1.00. The Morgan fingerprint density at radius 2 is 1.89 bits per heavy atom. The molecule has 19 heavy (non-hydrogen) atoms. The van der Waals surface area contributed by atoms with E-state index in [4.69, 9.17) is 4.74 Å². The van der Waals surface area contributed by atoms with Gasteiger partial charge in [-0.1, -0.05) is 25.7 Å². The summed E-state index contributed by atoms with van der Waals surface area (Å²) in [5, 5.41) is 9.66. The zero-order valence-electron chi connectivity index (χ0n) is 12.1. The molecule has 1 aromatic rings. The summed E-state index contributed by atoms with van der Waals surface area (Å²) in [5.41, 5.74) is 1.31. The van der Waals surface area contributed by atoms with Crippen LogP contribution in [0.2, 0.25) is 0 Å². The molecule has 0 aliphatic heterocycles. The number of aliphatic hydroxyl groups excluding tert-OH is 1. The molecule has 1 fully saturated rings. The van der Waals surface area contributed by atoms with Crippen molar-refractivity contribution in [1.82, 2.24) is 9.97 Å². The highest BCUT2D eigenvalue weighted by atomic mass is 16.5. The summed E-state index contributed by atoms with van der Waals surface area (Å²) in [4.78, 5) is 9.08. The second-order valence-electron chi connectivity index (χ2n) is 5.52. The average molecular weight is 264 g/mol. The number of nitrogens with zero attached hydrogens (tertiary/aromatic N) is 2. The molecular formula is C15H24N2O2. The molecule has 1 saturated carbocycles. The largest absolute Gasteiger partial charge is 0.389 e. The Morgan fingerprint density at radius 1 is 1.26 bits per heavy atom. The third-order valence-electron chi connectivity index (χ3n) is 4.18. The van der Waals surface area contributed by atoms with Gasteiger partial charge in [-0.05, 0) is 26.7 Å². The zero-order chi connectivity index (χ0) is 13.9. The number of aromatic nitrogens is 2. The summed E-state index contributed by atoms with van der Waals surface area (Å²) in [6.07, 6.45) is 8.03. The van der Waals surface area contributed by atoms with Crippen molar-refractivity contribution in [3.05, 3.63) is 23.3 Å². The maximum atomic E-state index is 9.66. The van der Waals surface area contributed by atoms with Crippen LogP contribution in [0.1, 0.15) is 68.6 Å². The van der Waals surface area contributed by atoms with Gasteiger partial charge in [0.05, 0.1) is 6.10 Å². The van der Waals surface area contributed by atoms with E-state index in [-0.39, 0.29) is 5.60 Å². The van der Waals surface area contributed by atoms with Crippen LogP contribution in [-0.4, -0.2) is 22.2 Å². The summed E-state index contributed by atoms with van der Waals surface area (Å²) in [6.45, 7) is 3.66. The number of methoxy groups -OCH3 is 1. The van der Waals surface area contributed by atoms with Crippen LogP contribution >= 0.6 is 0 Å². The molecule has 4 heteroatoms. The summed E-state index contributed by atoms with van der Waals surface area (Å²) in [7, 11) is 1.76. The van der Waals surface area contributed by atoms with E-state index >= 15 is 0 Å². The van der Waals surface area contributed by atoms with Gasteiger partial charge in [-0.15, -0.1) is 0 Å². The molecule has 1 atom stereocenters. The Morgan fingerprint density at radius 3 is 2.37 bits per heavy atom. The normalized spacial score (nSPS) is 20.8. The molecule has 1 aliphatic carbocycles. The first kappa shape index (κ1) is 14.4. The first-order valence-corrected chi connectivity index (χ1v) is 7.16. The number of rotatable bonds is 3. The molecule has 1 aliphatic rings. The molecule has 4 nitrogen and oxygen atoms in total. The molecular weight excluding hydrogens is 240 g/mol. The average Bonchev–Trinajstić information content (AvgIpc) is 2.64. The lowest BCUT2D eigenvalue weighted by atomic mass is 9.92. The molecule has 106 valence electrons. The number of hydrogen-bond acceptors (Lipinski definition) is 4. The van der Waals surface area contributed by atoms with Gasteiger partial charge in [0.25, 0.3) is 0 Å². The molecule has 2 rings (SSSR count). The highest BCUT2D eigenvalue weighted by Gasteiger charge is 2.36. The number of aryl methyl sites for hydroxylation is 1. The molecule has 0 radical (unpaired) electrons. The zero-order valence-corrected chi connectivity index (χ0v) is 12.1. The van der Waals surface area contributed by atoms with Crippen molar-refractivity contribution < 1.29 is 9.84 Å². The van der Waals surface area contributed by atoms with Gasteiger partial charge in [-0.3, -0.25) is 0 Å². The summed E-state index contributed by atoms with van der Waals surface area (Å²) in [5.74, 6) is 0.777. The highest BCUT2D eigenvalue weighted by molar-refractivity contribution is 5.20. The maximum absolute atomic E-state index is 9.66. The number of aliphatic hydroxyl groups is 1. The lowest BCUT2D eigenvalue weighted by molar-refractivity contribution is -0.0354. The highest BCUT2D eigenvalue weighted by Crippen LogP contribution is 2.37. The van der Waals surface area contributed by atoms with Crippen LogP contribution in [0.25, 0.3) is 0 Å². The van der Waals surface area contributed by atoms with Crippen LogP contribution in [-0.2, 0) is 10.3 Å². The van der Waals surface area contributed by atoms with E-state index in [1.807, 2.05) is 6.92 Å². The first-order valence-electron chi connectivity index (χ1n) is 7.16. The summed E-state index contributed by atoms with van der Waals surface area (Å²) >= 11 is 0. The Balaban J connectivity index is 2.35. The van der Waals surface area contributed by atoms with Gasteiger partial charge in [-0.25, -0.2) is 9.97 Å². The SMILES string of the molecule is COC1(c2ncc([C@@H](C)O)c(C)n2)CCCCCC1. The minimum absolute atomic E-state index is 0.335. The van der Waals surface area contributed by atoms with Crippen molar-refractivity contribution in [1.29, 1.82) is 0 Å². The van der Waals surface area contributed by atoms with E-state index in [0.29, 0.717) is 0 Å². The lowest BCUT2D eigenvalue weighted by Gasteiger charge is -2.30. The molecule has 0 bridgehead atoms. The predicted molar refractivity (Wildman–Crippen MR) is 73.8 cm³/mol. The van der Waals surface area contributed by atoms with Gasteiger partial charge >= 0.3 is 0 Å². The van der Waals surface area contributed by atoms with Crippen molar-refractivity contribution in [3.8, 4) is 0 Å². The molecule has 1 heterocycles. The van der Waals surface area contributed by atoms with Crippen molar-refractivity contribution in [3.63, 3.8) is 0 Å². The Bertz CT molecular complexity index is 424. The molecule has 0 spiro atoms. The quantitative estimate of drug-likeness (QED) is 0.853. The maximum Gasteiger partial charge on any atom is 0.160 e. The van der Waals surface area contributed by atoms with Gasteiger partial charge in [-0.2, -0.15) is 0 Å². The summed E-state index contributed by atoms with van der Waals surface area (Å²) in [6, 6.07) is 0. The minimum Gasteiger partial charge on any atom is -0.389 e. The Kier molecular flexibility index (Phi) is 4.53. The number of ether oxygens (including phenoxy) is 1. The van der Waals surface area contributed by atoms with E-state index in [1.54, 1.807) is 20.2 Å². The van der Waals surface area contributed by atoms with Crippen molar-refractivity contribution >= 4 is 0 Å². The van der Waals surface area contributed by atoms with E-state index < -0.39 is 6.10 Å². The number of hydrogen-bond donors (Lipinski definition) is 1. The molecule has 0 aromatic carbocycles. The fraction of sp³-hybridized carbons (Fsp3) is 0.733. The third-order valence-corrected chi connectivity index (χ3v) is 4.18. The molecule has 1 N–H and O–H groups in total.